The van der Waals surface area contributed by atoms with E-state index in [1.807, 2.05) is 0 Å². The Bertz CT molecular complexity index is 964. The fraction of sp³-hybridized carbons (Fsp3) is 0.500. The van der Waals surface area contributed by atoms with Crippen LogP contribution in [0.15, 0.2) is 30.3 Å². The second-order valence-corrected chi connectivity index (χ2v) is 11.1. The molecule has 33 heavy (non-hydrogen) atoms. The van der Waals surface area contributed by atoms with Gasteiger partial charge in [-0.1, -0.05) is 50.4 Å². The Kier molecular flexibility index (Phi) is 10.4. The molecule has 0 unspecified atom stereocenters. The highest BCUT2D eigenvalue weighted by molar-refractivity contribution is 7.51. The third-order valence-electron chi connectivity index (χ3n) is 5.80. The van der Waals surface area contributed by atoms with Crippen molar-refractivity contribution in [3.8, 4) is 0 Å². The van der Waals surface area contributed by atoms with Crippen LogP contribution in [-0.2, 0) is 22.9 Å². The maximum Gasteiger partial charge on any atom is 0.325 e. The van der Waals surface area contributed by atoms with E-state index >= 15 is 0 Å². The van der Waals surface area contributed by atoms with Crippen molar-refractivity contribution in [2.24, 2.45) is 0 Å². The van der Waals surface area contributed by atoms with Crippen LogP contribution in [0.2, 0.25) is 5.02 Å². The number of hydrogen-bond acceptors (Lipinski definition) is 2. The minimum absolute atomic E-state index is 0.0163. The molecule has 0 saturated heterocycles. The third kappa shape index (κ3) is 9.06. The van der Waals surface area contributed by atoms with Gasteiger partial charge in [0.15, 0.2) is 0 Å². The second kappa shape index (κ2) is 12.4. The van der Waals surface area contributed by atoms with Crippen molar-refractivity contribution >= 4 is 19.2 Å². The zero-order chi connectivity index (χ0) is 24.6. The van der Waals surface area contributed by atoms with Gasteiger partial charge in [0.2, 0.25) is 0 Å². The number of benzene rings is 2. The lowest BCUT2D eigenvalue weighted by Crippen LogP contribution is -2.17. The van der Waals surface area contributed by atoms with Crippen LogP contribution >= 0.6 is 19.2 Å². The molecule has 2 aromatic rings. The van der Waals surface area contributed by atoms with E-state index in [0.29, 0.717) is 12.8 Å². The summed E-state index contributed by atoms with van der Waals surface area (Å²) in [5.41, 5.74) is 1.20. The van der Waals surface area contributed by atoms with Crippen LogP contribution in [0.3, 0.4) is 0 Å². The van der Waals surface area contributed by atoms with Crippen molar-refractivity contribution in [3.63, 3.8) is 0 Å². The molecule has 0 fully saturated rings. The molecule has 184 valence electrons. The maximum absolute atomic E-state index is 14.6. The van der Waals surface area contributed by atoms with E-state index in [1.54, 1.807) is 12.1 Å². The van der Waals surface area contributed by atoms with Crippen molar-refractivity contribution in [1.82, 2.24) is 5.32 Å². The lowest BCUT2D eigenvalue weighted by Gasteiger charge is -2.25. The van der Waals surface area contributed by atoms with E-state index in [1.165, 1.54) is 12.1 Å². The summed E-state index contributed by atoms with van der Waals surface area (Å²) in [6.07, 6.45) is 3.54. The molecular formula is C24H32ClF3NO3P. The molecule has 4 nitrogen and oxygen atoms in total. The average molecular weight is 506 g/mol. The van der Waals surface area contributed by atoms with Gasteiger partial charge < -0.3 is 15.1 Å². The number of halogens is 4. The van der Waals surface area contributed by atoms with Crippen molar-refractivity contribution in [1.29, 1.82) is 0 Å². The first-order chi connectivity index (χ1) is 15.4. The molecule has 0 spiro atoms. The second-order valence-electron chi connectivity index (χ2n) is 8.99. The SMILES string of the molecule is CC(C)(CCCCCc1c(F)cc(CNCCCP(=O)(O)O)c(F)c1Cl)c1ccc(F)cc1. The molecule has 0 aliphatic heterocycles. The van der Waals surface area contributed by atoms with Gasteiger partial charge in [0.25, 0.3) is 0 Å². The largest absolute Gasteiger partial charge is 0.325 e. The van der Waals surface area contributed by atoms with Gasteiger partial charge in [0.05, 0.1) is 11.2 Å². The first-order valence-electron chi connectivity index (χ1n) is 11.1. The van der Waals surface area contributed by atoms with Crippen LogP contribution in [0.25, 0.3) is 0 Å². The molecule has 0 heterocycles. The van der Waals surface area contributed by atoms with Gasteiger partial charge in [0, 0.05) is 17.7 Å². The quantitative estimate of drug-likeness (QED) is 0.165. The number of rotatable bonds is 13. The lowest BCUT2D eigenvalue weighted by molar-refractivity contribution is 0.371. The van der Waals surface area contributed by atoms with Crippen molar-refractivity contribution < 1.29 is 27.5 Å². The van der Waals surface area contributed by atoms with Gasteiger partial charge in [0.1, 0.15) is 17.5 Å². The molecule has 0 aromatic heterocycles. The van der Waals surface area contributed by atoms with E-state index in [4.69, 9.17) is 21.4 Å². The summed E-state index contributed by atoms with van der Waals surface area (Å²) in [7, 11) is -4.06. The van der Waals surface area contributed by atoms with Gasteiger partial charge in [-0.3, -0.25) is 4.57 Å². The predicted octanol–water partition coefficient (Wildman–Crippen LogP) is 6.50. The minimum atomic E-state index is -4.06. The molecule has 3 N–H and O–H groups in total. The van der Waals surface area contributed by atoms with E-state index in [0.717, 1.165) is 30.9 Å². The maximum atomic E-state index is 14.6. The number of unbranched alkanes of at least 4 members (excludes halogenated alkanes) is 2. The molecule has 2 aromatic carbocycles. The van der Waals surface area contributed by atoms with Gasteiger partial charge in [-0.15, -0.1) is 0 Å². The molecule has 0 aliphatic rings. The summed E-state index contributed by atoms with van der Waals surface area (Å²) < 4.78 is 53.1. The minimum Gasteiger partial charge on any atom is -0.324 e. The summed E-state index contributed by atoms with van der Waals surface area (Å²) in [5, 5.41) is 2.64. The van der Waals surface area contributed by atoms with Gasteiger partial charge in [-0.25, -0.2) is 13.2 Å². The Morgan fingerprint density at radius 1 is 1.03 bits per heavy atom. The van der Waals surface area contributed by atoms with Crippen molar-refractivity contribution in [2.75, 3.05) is 12.7 Å². The molecule has 0 saturated carbocycles. The van der Waals surface area contributed by atoms with Gasteiger partial charge in [-0.2, -0.15) is 0 Å². The Morgan fingerprint density at radius 3 is 2.33 bits per heavy atom. The summed E-state index contributed by atoms with van der Waals surface area (Å²) in [5.74, 6) is -1.49. The summed E-state index contributed by atoms with van der Waals surface area (Å²) in [4.78, 5) is 17.7. The van der Waals surface area contributed by atoms with Crippen molar-refractivity contribution in [3.05, 3.63) is 69.5 Å². The Labute approximate surface area is 198 Å². The molecule has 2 rings (SSSR count). The topological polar surface area (TPSA) is 69.6 Å². The number of nitrogens with one attached hydrogen (secondary N) is 1. The first kappa shape index (κ1) is 27.9. The van der Waals surface area contributed by atoms with E-state index in [2.05, 4.69) is 19.2 Å². The normalized spacial score (nSPS) is 12.4. The summed E-state index contributed by atoms with van der Waals surface area (Å²) in [6, 6.07) is 7.63. The average Bonchev–Trinajstić information content (AvgIpc) is 2.72. The van der Waals surface area contributed by atoms with Crippen LogP contribution in [0.5, 0.6) is 0 Å². The van der Waals surface area contributed by atoms with Gasteiger partial charge in [-0.05, 0) is 61.4 Å². The van der Waals surface area contributed by atoms with Crippen LogP contribution in [0.4, 0.5) is 13.2 Å². The van der Waals surface area contributed by atoms with Gasteiger partial charge >= 0.3 is 7.60 Å². The zero-order valence-electron chi connectivity index (χ0n) is 19.0. The monoisotopic (exact) mass is 505 g/mol. The van der Waals surface area contributed by atoms with E-state index < -0.39 is 19.2 Å². The van der Waals surface area contributed by atoms with Crippen LogP contribution in [-0.4, -0.2) is 22.5 Å². The molecular weight excluding hydrogens is 474 g/mol. The predicted molar refractivity (Wildman–Crippen MR) is 126 cm³/mol. The Hall–Kier alpha value is -1.37. The third-order valence-corrected chi connectivity index (χ3v) is 7.09. The fourth-order valence-electron chi connectivity index (χ4n) is 3.76. The van der Waals surface area contributed by atoms with Crippen LogP contribution < -0.4 is 5.32 Å². The summed E-state index contributed by atoms with van der Waals surface area (Å²) in [6.45, 7) is 4.48. The molecule has 0 bridgehead atoms. The highest BCUT2D eigenvalue weighted by Gasteiger charge is 2.21. The molecule has 0 atom stereocenters. The Morgan fingerprint density at radius 2 is 1.70 bits per heavy atom. The first-order valence-corrected chi connectivity index (χ1v) is 13.2. The smallest absolute Gasteiger partial charge is 0.324 e. The molecule has 0 radical (unpaired) electrons. The van der Waals surface area contributed by atoms with E-state index in [9.17, 15) is 17.7 Å². The Balaban J connectivity index is 1.83. The fourth-order valence-corrected chi connectivity index (χ4v) is 4.64. The standard InChI is InChI=1S/C24H32ClF3NO3P/c1-24(2,18-8-10-19(26)11-9-18)12-5-3-4-7-20-21(27)15-17(23(28)22(20)25)16-29-13-6-14-33(30,31)32/h8-11,15,29H,3-7,12-14,16H2,1-2H3,(H2,30,31,32). The molecule has 9 heteroatoms. The molecule has 0 amide bonds. The van der Waals surface area contributed by atoms with Crippen LogP contribution in [0, 0.1) is 17.5 Å². The van der Waals surface area contributed by atoms with Crippen LogP contribution in [0.1, 0.15) is 62.6 Å². The van der Waals surface area contributed by atoms with Crippen molar-refractivity contribution in [2.45, 2.75) is 64.3 Å². The lowest BCUT2D eigenvalue weighted by atomic mass is 9.80. The van der Waals surface area contributed by atoms with E-state index in [-0.39, 0.29) is 53.1 Å². The molecule has 0 aliphatic carbocycles. The zero-order valence-corrected chi connectivity index (χ0v) is 20.7. The number of hydrogen-bond donors (Lipinski definition) is 3. The highest BCUT2D eigenvalue weighted by Crippen LogP contribution is 2.34. The summed E-state index contributed by atoms with van der Waals surface area (Å²) >= 11 is 6.11. The highest BCUT2D eigenvalue weighted by atomic mass is 35.5.